The lowest BCUT2D eigenvalue weighted by Gasteiger charge is -2.17. The van der Waals surface area contributed by atoms with Crippen molar-refractivity contribution >= 4 is 52.0 Å². The number of hydrogen-bond acceptors (Lipinski definition) is 4. The van der Waals surface area contributed by atoms with Crippen molar-refractivity contribution in [2.45, 2.75) is 6.92 Å². The molecule has 2 amide bonds. The van der Waals surface area contributed by atoms with Gasteiger partial charge in [0.2, 0.25) is 0 Å². The van der Waals surface area contributed by atoms with E-state index < -0.39 is 11.8 Å². The van der Waals surface area contributed by atoms with E-state index in [0.29, 0.717) is 17.0 Å². The minimum atomic E-state index is -0.521. The van der Waals surface area contributed by atoms with Gasteiger partial charge in [-0.1, -0.05) is 65.2 Å². The van der Waals surface area contributed by atoms with E-state index in [2.05, 4.69) is 5.32 Å². The second kappa shape index (κ2) is 8.46. The molecule has 5 nitrogen and oxygen atoms in total. The van der Waals surface area contributed by atoms with Gasteiger partial charge in [-0.05, 0) is 36.8 Å². The van der Waals surface area contributed by atoms with Gasteiger partial charge in [-0.3, -0.25) is 9.59 Å². The van der Waals surface area contributed by atoms with Gasteiger partial charge in [0.05, 0.1) is 28.4 Å². The number of benzene rings is 3. The predicted molar refractivity (Wildman–Crippen MR) is 124 cm³/mol. The molecule has 0 atom stereocenters. The van der Waals surface area contributed by atoms with Crippen LogP contribution >= 0.6 is 23.2 Å². The Balaban J connectivity index is 1.84. The Morgan fingerprint density at radius 2 is 1.61 bits per heavy atom. The second-order valence-electron chi connectivity index (χ2n) is 6.99. The zero-order valence-corrected chi connectivity index (χ0v) is 18.3. The lowest BCUT2D eigenvalue weighted by molar-refractivity contribution is -0.120. The molecule has 31 heavy (non-hydrogen) atoms. The Hall–Kier alpha value is -3.28. The number of halogens is 2. The van der Waals surface area contributed by atoms with Crippen LogP contribution in [0.1, 0.15) is 11.1 Å². The minimum Gasteiger partial charge on any atom is -0.497 e. The molecule has 156 valence electrons. The first-order valence-corrected chi connectivity index (χ1v) is 10.2. The van der Waals surface area contributed by atoms with Crippen LogP contribution in [0, 0.1) is 6.92 Å². The maximum atomic E-state index is 13.5. The van der Waals surface area contributed by atoms with Crippen molar-refractivity contribution in [1.82, 2.24) is 0 Å². The first-order chi connectivity index (χ1) is 14.9. The van der Waals surface area contributed by atoms with Crippen molar-refractivity contribution < 1.29 is 14.3 Å². The van der Waals surface area contributed by atoms with Crippen LogP contribution in [0.15, 0.2) is 72.4 Å². The number of anilines is 2. The Morgan fingerprint density at radius 3 is 2.32 bits per heavy atom. The van der Waals surface area contributed by atoms with Crippen molar-refractivity contribution in [1.29, 1.82) is 0 Å². The van der Waals surface area contributed by atoms with Crippen molar-refractivity contribution in [3.8, 4) is 5.75 Å². The Kier molecular flexibility index (Phi) is 5.72. The molecule has 1 heterocycles. The molecule has 0 radical (unpaired) electrons. The Bertz CT molecular complexity index is 1220. The van der Waals surface area contributed by atoms with E-state index in [1.807, 2.05) is 31.2 Å². The van der Waals surface area contributed by atoms with Crippen molar-refractivity contribution in [2.24, 2.45) is 0 Å². The third-order valence-electron chi connectivity index (χ3n) is 4.94. The van der Waals surface area contributed by atoms with E-state index in [0.717, 1.165) is 10.5 Å². The van der Waals surface area contributed by atoms with Crippen LogP contribution in [-0.2, 0) is 9.59 Å². The topological polar surface area (TPSA) is 58.6 Å². The predicted octanol–water partition coefficient (Wildman–Crippen LogP) is 5.71. The van der Waals surface area contributed by atoms with Crippen LogP contribution in [0.2, 0.25) is 10.0 Å². The summed E-state index contributed by atoms with van der Waals surface area (Å²) < 4.78 is 5.26. The maximum absolute atomic E-state index is 13.5. The lowest BCUT2D eigenvalue weighted by atomic mass is 10.0. The summed E-state index contributed by atoms with van der Waals surface area (Å²) in [6.07, 6.45) is 0. The van der Waals surface area contributed by atoms with Crippen molar-refractivity contribution in [3.05, 3.63) is 93.6 Å². The number of imide groups is 1. The average molecular weight is 453 g/mol. The van der Waals surface area contributed by atoms with Crippen LogP contribution in [0.25, 0.3) is 5.57 Å². The van der Waals surface area contributed by atoms with Gasteiger partial charge < -0.3 is 10.1 Å². The molecule has 4 rings (SSSR count). The van der Waals surface area contributed by atoms with Crippen molar-refractivity contribution in [3.63, 3.8) is 0 Å². The standard InChI is InChI=1S/C24H18Cl2N2O3/c1-14-9-11-15(12-10-14)20-22(27-16-5-3-6-17(13-16)31-2)24(30)28(23(20)29)19-8-4-7-18(25)21(19)26/h3-13,27H,1-2H3. The van der Waals surface area contributed by atoms with Gasteiger partial charge in [0, 0.05) is 11.8 Å². The largest absolute Gasteiger partial charge is 0.497 e. The number of hydrogen-bond donors (Lipinski definition) is 1. The van der Waals surface area contributed by atoms with Crippen LogP contribution in [0.4, 0.5) is 11.4 Å². The summed E-state index contributed by atoms with van der Waals surface area (Å²) >= 11 is 12.5. The summed E-state index contributed by atoms with van der Waals surface area (Å²) in [6.45, 7) is 1.95. The van der Waals surface area contributed by atoms with Gasteiger partial charge in [0.15, 0.2) is 0 Å². The normalized spacial score (nSPS) is 13.7. The van der Waals surface area contributed by atoms with Gasteiger partial charge in [-0.25, -0.2) is 4.90 Å². The molecule has 0 saturated heterocycles. The fourth-order valence-corrected chi connectivity index (χ4v) is 3.74. The number of methoxy groups -OCH3 is 1. The highest BCUT2D eigenvalue weighted by Crippen LogP contribution is 2.39. The van der Waals surface area contributed by atoms with E-state index in [-0.39, 0.29) is 27.0 Å². The van der Waals surface area contributed by atoms with E-state index >= 15 is 0 Å². The van der Waals surface area contributed by atoms with Gasteiger partial charge in [0.1, 0.15) is 11.4 Å². The summed E-state index contributed by atoms with van der Waals surface area (Å²) in [6, 6.07) is 19.3. The third kappa shape index (κ3) is 3.90. The molecule has 0 aliphatic carbocycles. The molecule has 0 bridgehead atoms. The fraction of sp³-hybridized carbons (Fsp3) is 0.0833. The van der Waals surface area contributed by atoms with E-state index in [1.165, 1.54) is 0 Å². The van der Waals surface area contributed by atoms with Gasteiger partial charge >= 0.3 is 0 Å². The fourth-order valence-electron chi connectivity index (χ4n) is 3.36. The molecule has 1 aliphatic heterocycles. The zero-order valence-electron chi connectivity index (χ0n) is 16.8. The highest BCUT2D eigenvalue weighted by molar-refractivity contribution is 6.50. The number of nitrogens with one attached hydrogen (secondary N) is 1. The quantitative estimate of drug-likeness (QED) is 0.503. The molecule has 0 unspecified atom stereocenters. The zero-order chi connectivity index (χ0) is 22.1. The summed E-state index contributed by atoms with van der Waals surface area (Å²) in [5, 5.41) is 3.50. The smallest absolute Gasteiger partial charge is 0.282 e. The first kappa shape index (κ1) is 21.0. The summed E-state index contributed by atoms with van der Waals surface area (Å²) in [5.41, 5.74) is 2.91. The van der Waals surface area contributed by atoms with E-state index in [1.54, 1.807) is 49.6 Å². The molecular formula is C24H18Cl2N2O3. The monoisotopic (exact) mass is 452 g/mol. The molecular weight excluding hydrogens is 435 g/mol. The Labute approximate surface area is 189 Å². The van der Waals surface area contributed by atoms with Crippen LogP contribution in [0.3, 0.4) is 0 Å². The minimum absolute atomic E-state index is 0.136. The van der Waals surface area contributed by atoms with Crippen LogP contribution in [-0.4, -0.2) is 18.9 Å². The number of ether oxygens (including phenoxy) is 1. The number of carbonyl (C=O) groups is 2. The molecule has 7 heteroatoms. The van der Waals surface area contributed by atoms with Crippen LogP contribution in [0.5, 0.6) is 5.75 Å². The molecule has 1 aliphatic rings. The molecule has 0 spiro atoms. The van der Waals surface area contributed by atoms with Crippen LogP contribution < -0.4 is 15.0 Å². The number of nitrogens with zero attached hydrogens (tertiary/aromatic N) is 1. The highest BCUT2D eigenvalue weighted by Gasteiger charge is 2.41. The maximum Gasteiger partial charge on any atom is 0.282 e. The van der Waals surface area contributed by atoms with Gasteiger partial charge in [0.25, 0.3) is 11.8 Å². The van der Waals surface area contributed by atoms with Crippen molar-refractivity contribution in [2.75, 3.05) is 17.3 Å². The second-order valence-corrected chi connectivity index (χ2v) is 7.78. The molecule has 3 aromatic carbocycles. The third-order valence-corrected chi connectivity index (χ3v) is 5.74. The van der Waals surface area contributed by atoms with Gasteiger partial charge in [-0.15, -0.1) is 0 Å². The molecule has 3 aromatic rings. The average Bonchev–Trinajstić information content (AvgIpc) is 3.00. The number of aryl methyl sites for hydroxylation is 1. The molecule has 0 aromatic heterocycles. The summed E-state index contributed by atoms with van der Waals surface area (Å²) in [4.78, 5) is 28.0. The van der Waals surface area contributed by atoms with E-state index in [9.17, 15) is 9.59 Å². The number of carbonyl (C=O) groups excluding carboxylic acids is 2. The molecule has 1 N–H and O–H groups in total. The summed E-state index contributed by atoms with van der Waals surface area (Å²) in [5.74, 6) is -0.384. The first-order valence-electron chi connectivity index (χ1n) is 9.46. The number of rotatable bonds is 5. The molecule has 0 saturated carbocycles. The Morgan fingerprint density at radius 1 is 0.903 bits per heavy atom. The number of amides is 2. The lowest BCUT2D eigenvalue weighted by Crippen LogP contribution is -2.32. The van der Waals surface area contributed by atoms with E-state index in [4.69, 9.17) is 27.9 Å². The SMILES string of the molecule is COc1cccc(NC2=C(c3ccc(C)cc3)C(=O)N(c3cccc(Cl)c3Cl)C2=O)c1. The van der Waals surface area contributed by atoms with Gasteiger partial charge in [-0.2, -0.15) is 0 Å². The summed E-state index contributed by atoms with van der Waals surface area (Å²) in [7, 11) is 1.56. The highest BCUT2D eigenvalue weighted by atomic mass is 35.5. The molecule has 0 fully saturated rings.